The van der Waals surface area contributed by atoms with E-state index in [0.717, 1.165) is 43.6 Å². The van der Waals surface area contributed by atoms with Crippen LogP contribution in [0.5, 0.6) is 0 Å². The lowest BCUT2D eigenvalue weighted by atomic mass is 10.1. The van der Waals surface area contributed by atoms with Crippen LogP contribution in [0, 0.1) is 0 Å². The normalized spacial score (nSPS) is 16.1. The van der Waals surface area contributed by atoms with Gasteiger partial charge in [0, 0.05) is 13.7 Å². The molecule has 17 heavy (non-hydrogen) atoms. The van der Waals surface area contributed by atoms with Crippen LogP contribution in [-0.4, -0.2) is 23.6 Å². The molecule has 1 unspecified atom stereocenters. The van der Waals surface area contributed by atoms with Crippen LogP contribution >= 0.6 is 0 Å². The van der Waals surface area contributed by atoms with Gasteiger partial charge in [-0.25, -0.2) is 4.98 Å². The molecular weight excluding hydrogens is 218 g/mol. The van der Waals surface area contributed by atoms with E-state index in [1.807, 2.05) is 0 Å². The Labute approximate surface area is 101 Å². The van der Waals surface area contributed by atoms with Crippen LogP contribution in [0.3, 0.4) is 0 Å². The van der Waals surface area contributed by atoms with Crippen molar-refractivity contribution >= 4 is 5.82 Å². The standard InChI is InChI=1S/C12H19N3O2/c1-3-5-9(17-2)11-14-10-8(12(16)15-11)6-4-7-13-10/h9H,3-7H2,1-2H3,(H2,13,14,15,16). The number of ether oxygens (including phenoxy) is 1. The second-order valence-electron chi connectivity index (χ2n) is 4.32. The van der Waals surface area contributed by atoms with Crippen molar-refractivity contribution < 1.29 is 4.74 Å². The molecule has 0 radical (unpaired) electrons. The first-order valence-electron chi connectivity index (χ1n) is 6.16. The van der Waals surface area contributed by atoms with Gasteiger partial charge in [0.2, 0.25) is 0 Å². The Hall–Kier alpha value is -1.36. The van der Waals surface area contributed by atoms with Gasteiger partial charge in [0.15, 0.2) is 0 Å². The first-order valence-corrected chi connectivity index (χ1v) is 6.16. The highest BCUT2D eigenvalue weighted by atomic mass is 16.5. The highest BCUT2D eigenvalue weighted by Gasteiger charge is 2.19. The van der Waals surface area contributed by atoms with Crippen molar-refractivity contribution in [3.05, 3.63) is 21.7 Å². The zero-order chi connectivity index (χ0) is 12.3. The summed E-state index contributed by atoms with van der Waals surface area (Å²) >= 11 is 0. The van der Waals surface area contributed by atoms with Gasteiger partial charge in [-0.3, -0.25) is 4.79 Å². The topological polar surface area (TPSA) is 67.0 Å². The van der Waals surface area contributed by atoms with Crippen LogP contribution in [0.4, 0.5) is 5.82 Å². The Bertz CT molecular complexity index is 442. The third-order valence-corrected chi connectivity index (χ3v) is 3.07. The van der Waals surface area contributed by atoms with E-state index in [-0.39, 0.29) is 11.7 Å². The number of hydrogen-bond acceptors (Lipinski definition) is 4. The molecule has 1 aromatic rings. The predicted octanol–water partition coefficient (Wildman–Crippen LogP) is 1.62. The van der Waals surface area contributed by atoms with Crippen molar-refractivity contribution in [3.8, 4) is 0 Å². The molecule has 0 saturated heterocycles. The number of nitrogens with one attached hydrogen (secondary N) is 2. The second-order valence-corrected chi connectivity index (χ2v) is 4.32. The molecule has 0 amide bonds. The number of anilines is 1. The van der Waals surface area contributed by atoms with E-state index in [0.29, 0.717) is 5.82 Å². The number of hydrogen-bond donors (Lipinski definition) is 2. The molecule has 0 aromatic carbocycles. The van der Waals surface area contributed by atoms with Gasteiger partial charge in [0.05, 0.1) is 5.56 Å². The summed E-state index contributed by atoms with van der Waals surface area (Å²) in [7, 11) is 1.65. The fourth-order valence-corrected chi connectivity index (χ4v) is 2.15. The maximum Gasteiger partial charge on any atom is 0.256 e. The Balaban J connectivity index is 2.36. The van der Waals surface area contributed by atoms with Gasteiger partial charge in [0.1, 0.15) is 17.7 Å². The Morgan fingerprint density at radius 3 is 3.06 bits per heavy atom. The number of H-pyrrole nitrogens is 1. The number of nitrogens with zero attached hydrogens (tertiary/aromatic N) is 1. The smallest absolute Gasteiger partial charge is 0.256 e. The van der Waals surface area contributed by atoms with Gasteiger partial charge in [-0.2, -0.15) is 0 Å². The van der Waals surface area contributed by atoms with E-state index >= 15 is 0 Å². The van der Waals surface area contributed by atoms with Gasteiger partial charge in [-0.1, -0.05) is 13.3 Å². The van der Waals surface area contributed by atoms with Crippen LogP contribution in [-0.2, 0) is 11.2 Å². The molecular formula is C12H19N3O2. The average molecular weight is 237 g/mol. The van der Waals surface area contributed by atoms with Gasteiger partial charge >= 0.3 is 0 Å². The number of fused-ring (bicyclic) bond motifs is 1. The number of aromatic nitrogens is 2. The maximum atomic E-state index is 11.9. The number of methoxy groups -OCH3 is 1. The lowest BCUT2D eigenvalue weighted by molar-refractivity contribution is 0.0874. The van der Waals surface area contributed by atoms with Crippen molar-refractivity contribution in [3.63, 3.8) is 0 Å². The number of aromatic amines is 1. The molecule has 0 saturated carbocycles. The van der Waals surface area contributed by atoms with Crippen LogP contribution in [0.2, 0.25) is 0 Å². The molecule has 5 heteroatoms. The summed E-state index contributed by atoms with van der Waals surface area (Å²) in [6, 6.07) is 0. The van der Waals surface area contributed by atoms with Gasteiger partial charge in [-0.15, -0.1) is 0 Å². The summed E-state index contributed by atoms with van der Waals surface area (Å²) in [6.07, 6.45) is 3.52. The molecule has 94 valence electrons. The molecule has 0 fully saturated rings. The summed E-state index contributed by atoms with van der Waals surface area (Å²) in [6.45, 7) is 2.97. The summed E-state index contributed by atoms with van der Waals surface area (Å²) < 4.78 is 5.36. The molecule has 2 heterocycles. The zero-order valence-corrected chi connectivity index (χ0v) is 10.4. The largest absolute Gasteiger partial charge is 0.374 e. The van der Waals surface area contributed by atoms with Gasteiger partial charge in [0.25, 0.3) is 5.56 Å². The van der Waals surface area contributed by atoms with Crippen molar-refractivity contribution in [1.82, 2.24) is 9.97 Å². The molecule has 5 nitrogen and oxygen atoms in total. The SMILES string of the molecule is CCCC(OC)c1nc2c(c(=O)[nH]1)CCCN2. The van der Waals surface area contributed by atoms with Crippen LogP contribution < -0.4 is 10.9 Å². The summed E-state index contributed by atoms with van der Waals surface area (Å²) in [5.41, 5.74) is 0.738. The molecule has 1 aliphatic heterocycles. The quantitative estimate of drug-likeness (QED) is 0.835. The van der Waals surface area contributed by atoms with Crippen LogP contribution in [0.25, 0.3) is 0 Å². The molecule has 0 bridgehead atoms. The van der Waals surface area contributed by atoms with E-state index in [4.69, 9.17) is 4.74 Å². The number of rotatable bonds is 4. The van der Waals surface area contributed by atoms with E-state index in [2.05, 4.69) is 22.2 Å². The average Bonchev–Trinajstić information content (AvgIpc) is 2.36. The Kier molecular flexibility index (Phi) is 3.78. The second kappa shape index (κ2) is 5.31. The first-order chi connectivity index (χ1) is 8.26. The van der Waals surface area contributed by atoms with Crippen molar-refractivity contribution in [2.75, 3.05) is 19.0 Å². The summed E-state index contributed by atoms with van der Waals surface area (Å²) in [4.78, 5) is 19.2. The maximum absolute atomic E-state index is 11.9. The third-order valence-electron chi connectivity index (χ3n) is 3.07. The third kappa shape index (κ3) is 2.49. The monoisotopic (exact) mass is 237 g/mol. The van der Waals surface area contributed by atoms with E-state index in [1.54, 1.807) is 7.11 Å². The lowest BCUT2D eigenvalue weighted by Gasteiger charge is -2.19. The Morgan fingerprint density at radius 1 is 1.53 bits per heavy atom. The van der Waals surface area contributed by atoms with E-state index < -0.39 is 0 Å². The summed E-state index contributed by atoms with van der Waals surface area (Å²) in [5, 5.41) is 3.18. The minimum absolute atomic E-state index is 0.0321. The van der Waals surface area contributed by atoms with Crippen molar-refractivity contribution in [2.24, 2.45) is 0 Å². The fraction of sp³-hybridized carbons (Fsp3) is 0.667. The highest BCUT2D eigenvalue weighted by molar-refractivity contribution is 5.45. The van der Waals surface area contributed by atoms with E-state index in [1.165, 1.54) is 0 Å². The van der Waals surface area contributed by atoms with Crippen molar-refractivity contribution in [2.45, 2.75) is 38.7 Å². The molecule has 1 aromatic heterocycles. The van der Waals surface area contributed by atoms with Gasteiger partial charge in [-0.05, 0) is 19.3 Å². The Morgan fingerprint density at radius 2 is 2.35 bits per heavy atom. The molecule has 0 aliphatic carbocycles. The van der Waals surface area contributed by atoms with Crippen LogP contribution in [0.15, 0.2) is 4.79 Å². The minimum atomic E-state index is -0.123. The molecule has 0 spiro atoms. The molecule has 1 atom stereocenters. The fourth-order valence-electron chi connectivity index (χ4n) is 2.15. The minimum Gasteiger partial charge on any atom is -0.374 e. The molecule has 2 rings (SSSR count). The van der Waals surface area contributed by atoms with Crippen molar-refractivity contribution in [1.29, 1.82) is 0 Å². The van der Waals surface area contributed by atoms with Gasteiger partial charge < -0.3 is 15.0 Å². The lowest BCUT2D eigenvalue weighted by Crippen LogP contribution is -2.26. The highest BCUT2D eigenvalue weighted by Crippen LogP contribution is 2.21. The van der Waals surface area contributed by atoms with E-state index in [9.17, 15) is 4.79 Å². The molecule has 2 N–H and O–H groups in total. The predicted molar refractivity (Wildman–Crippen MR) is 66.3 cm³/mol. The molecule has 1 aliphatic rings. The van der Waals surface area contributed by atoms with Crippen LogP contribution in [0.1, 0.15) is 43.7 Å². The first kappa shape index (κ1) is 12.1. The summed E-state index contributed by atoms with van der Waals surface area (Å²) in [5.74, 6) is 1.36. The zero-order valence-electron chi connectivity index (χ0n) is 10.4.